The number of nitrogens with two attached hydrogens (primary N) is 1. The summed E-state index contributed by atoms with van der Waals surface area (Å²) in [6.07, 6.45) is 10.5. The summed E-state index contributed by atoms with van der Waals surface area (Å²) in [4.78, 5) is 14.2. The number of fused-ring (bicyclic) bond motifs is 3. The highest BCUT2D eigenvalue weighted by Gasteiger charge is 2.44. The number of carbonyl (C=O) groups is 1. The molecule has 210 valence electrons. The van der Waals surface area contributed by atoms with Crippen LogP contribution in [0.5, 0.6) is 5.75 Å². The van der Waals surface area contributed by atoms with Gasteiger partial charge in [0.15, 0.2) is 0 Å². The molecule has 1 saturated carbocycles. The Balaban J connectivity index is 1.40. The molecule has 1 spiro atoms. The van der Waals surface area contributed by atoms with E-state index in [0.717, 1.165) is 74.5 Å². The minimum atomic E-state index is -0.946. The Bertz CT molecular complexity index is 1220. The van der Waals surface area contributed by atoms with E-state index >= 15 is 0 Å². The summed E-state index contributed by atoms with van der Waals surface area (Å²) in [5.74, 6) is 0.277. The molecule has 4 N–H and O–H groups in total. The molecular weight excluding hydrogens is 532 g/mol. The number of allylic oxidation sites excluding steroid dienone is 1. The zero-order chi connectivity index (χ0) is 27.6. The van der Waals surface area contributed by atoms with Crippen molar-refractivity contribution in [2.75, 3.05) is 24.6 Å². The molecule has 2 aromatic rings. The molecule has 2 aromatic carbocycles. The first-order valence-corrected chi connectivity index (χ1v) is 15.4. The molecule has 5 atom stereocenters. The lowest BCUT2D eigenvalue weighted by Crippen LogP contribution is -2.49. The van der Waals surface area contributed by atoms with E-state index in [1.165, 1.54) is 23.1 Å². The van der Waals surface area contributed by atoms with Crippen molar-refractivity contribution in [3.63, 3.8) is 0 Å². The van der Waals surface area contributed by atoms with E-state index in [4.69, 9.17) is 21.5 Å². The average Bonchev–Trinajstić information content (AvgIpc) is 3.05. The molecule has 0 radical (unpaired) electrons. The zero-order valence-electron chi connectivity index (χ0n) is 22.5. The number of rotatable bonds is 9. The topological polar surface area (TPSA) is 96.0 Å². The Hall–Kier alpha value is -2.19. The Morgan fingerprint density at radius 3 is 2.90 bits per heavy atom. The highest BCUT2D eigenvalue weighted by molar-refractivity contribution is 7.97. The number of carboxylic acids is 1. The van der Waals surface area contributed by atoms with Crippen molar-refractivity contribution < 1.29 is 19.7 Å². The van der Waals surface area contributed by atoms with Gasteiger partial charge in [0.25, 0.3) is 0 Å². The Labute approximate surface area is 240 Å². The molecular formula is C31H39ClN2O4S. The van der Waals surface area contributed by atoms with Gasteiger partial charge in [-0.2, -0.15) is 0 Å². The van der Waals surface area contributed by atoms with Crippen LogP contribution in [0.3, 0.4) is 0 Å². The number of aliphatic hydroxyl groups is 1. The van der Waals surface area contributed by atoms with Crippen molar-refractivity contribution in [2.24, 2.45) is 17.0 Å². The number of halogens is 1. The number of benzene rings is 2. The smallest absolute Gasteiger partial charge is 0.335 e. The second kappa shape index (κ2) is 12.1. The number of aryl methyl sites for hydroxylation is 1. The molecule has 2 aliphatic carbocycles. The Kier molecular flexibility index (Phi) is 8.82. The van der Waals surface area contributed by atoms with E-state index in [9.17, 15) is 15.0 Å². The molecule has 0 aromatic heterocycles. The quantitative estimate of drug-likeness (QED) is 0.243. The number of hydrogen-bond donors (Lipinski definition) is 3. The lowest BCUT2D eigenvalue weighted by molar-refractivity contribution is 0.0456. The number of aliphatic hydroxyl groups excluding tert-OH is 1. The van der Waals surface area contributed by atoms with Crippen LogP contribution < -0.4 is 14.8 Å². The maximum absolute atomic E-state index is 11.9. The summed E-state index contributed by atoms with van der Waals surface area (Å²) >= 11 is 7.74. The lowest BCUT2D eigenvalue weighted by atomic mass is 9.68. The minimum Gasteiger partial charge on any atom is -0.490 e. The Morgan fingerprint density at radius 1 is 1.31 bits per heavy atom. The molecule has 0 saturated heterocycles. The SMILES string of the molecule is CC(CC/C=C/C(O)C1CCC1CN1CC2(CCCc3cc(Cl)ccc32)COc2ccc(C(=O)O)cc21)SN. The van der Waals surface area contributed by atoms with Crippen LogP contribution in [0.4, 0.5) is 5.69 Å². The van der Waals surface area contributed by atoms with Gasteiger partial charge in [-0.3, -0.25) is 5.14 Å². The normalized spacial score (nSPS) is 25.8. The zero-order valence-corrected chi connectivity index (χ0v) is 24.1. The number of hydrogen-bond acceptors (Lipinski definition) is 6. The van der Waals surface area contributed by atoms with Gasteiger partial charge in [0.2, 0.25) is 0 Å². The van der Waals surface area contributed by atoms with E-state index in [-0.39, 0.29) is 16.9 Å². The second-order valence-corrected chi connectivity index (χ2v) is 13.0. The fraction of sp³-hybridized carbons (Fsp3) is 0.516. The van der Waals surface area contributed by atoms with Gasteiger partial charge in [-0.25, -0.2) is 4.79 Å². The van der Waals surface area contributed by atoms with Gasteiger partial charge in [0.1, 0.15) is 5.75 Å². The first-order chi connectivity index (χ1) is 18.8. The molecule has 0 amide bonds. The van der Waals surface area contributed by atoms with Crippen molar-refractivity contribution in [3.05, 3.63) is 70.3 Å². The molecule has 3 aliphatic rings. The van der Waals surface area contributed by atoms with Gasteiger partial charge >= 0.3 is 5.97 Å². The van der Waals surface area contributed by atoms with E-state index in [1.54, 1.807) is 18.2 Å². The average molecular weight is 571 g/mol. The van der Waals surface area contributed by atoms with Crippen molar-refractivity contribution in [1.29, 1.82) is 0 Å². The maximum Gasteiger partial charge on any atom is 0.335 e. The molecule has 1 heterocycles. The van der Waals surface area contributed by atoms with Crippen LogP contribution in [0.25, 0.3) is 0 Å². The standard InChI is InChI=1S/C31H39ClN2O4S/c1-20(39-33)5-2-3-7-28(35)25-11-8-23(25)17-34-18-31(14-4-6-21-15-24(32)10-12-26(21)31)19-38-29-13-9-22(30(36)37)16-27(29)34/h3,7,9-10,12-13,15-16,20,23,25,28,35H,2,4-6,8,11,14,17-19,33H2,1H3,(H,36,37)/b7-3+. The van der Waals surface area contributed by atoms with E-state index in [0.29, 0.717) is 17.8 Å². The first-order valence-electron chi connectivity index (χ1n) is 14.0. The maximum atomic E-state index is 11.9. The number of aromatic carboxylic acids is 1. The monoisotopic (exact) mass is 570 g/mol. The highest BCUT2D eigenvalue weighted by atomic mass is 35.5. The van der Waals surface area contributed by atoms with Crippen LogP contribution in [0, 0.1) is 11.8 Å². The number of carboxylic acid groups (broad SMARTS) is 1. The fourth-order valence-electron chi connectivity index (χ4n) is 6.58. The van der Waals surface area contributed by atoms with Crippen LogP contribution >= 0.6 is 23.5 Å². The number of anilines is 1. The van der Waals surface area contributed by atoms with Gasteiger partial charge in [-0.15, -0.1) is 0 Å². The van der Waals surface area contributed by atoms with Crippen LogP contribution in [-0.4, -0.2) is 47.2 Å². The first kappa shape index (κ1) is 28.3. The van der Waals surface area contributed by atoms with Crippen molar-refractivity contribution in [2.45, 2.75) is 68.6 Å². The predicted octanol–water partition coefficient (Wildman–Crippen LogP) is 6.23. The second-order valence-electron chi connectivity index (χ2n) is 11.5. The largest absolute Gasteiger partial charge is 0.490 e. The molecule has 0 bridgehead atoms. The van der Waals surface area contributed by atoms with Crippen molar-refractivity contribution >= 4 is 35.2 Å². The minimum absolute atomic E-state index is 0.186. The fourth-order valence-corrected chi connectivity index (χ4v) is 7.05. The third-order valence-corrected chi connectivity index (χ3v) is 9.89. The lowest BCUT2D eigenvalue weighted by Gasteiger charge is -2.45. The summed E-state index contributed by atoms with van der Waals surface area (Å²) in [7, 11) is 0. The third-order valence-electron chi connectivity index (χ3n) is 8.96. The van der Waals surface area contributed by atoms with Crippen LogP contribution in [0.1, 0.15) is 66.9 Å². The van der Waals surface area contributed by atoms with Gasteiger partial charge < -0.3 is 19.8 Å². The van der Waals surface area contributed by atoms with Crippen LogP contribution in [0.15, 0.2) is 48.6 Å². The van der Waals surface area contributed by atoms with E-state index < -0.39 is 12.1 Å². The van der Waals surface area contributed by atoms with Gasteiger partial charge in [0.05, 0.1) is 24.0 Å². The van der Waals surface area contributed by atoms with Crippen molar-refractivity contribution in [3.8, 4) is 5.75 Å². The summed E-state index contributed by atoms with van der Waals surface area (Å²) in [6.45, 7) is 4.14. The summed E-state index contributed by atoms with van der Waals surface area (Å²) < 4.78 is 6.46. The third kappa shape index (κ3) is 6.12. The highest BCUT2D eigenvalue weighted by Crippen LogP contribution is 2.46. The van der Waals surface area contributed by atoms with Gasteiger partial charge in [0, 0.05) is 28.8 Å². The molecule has 1 fully saturated rings. The van der Waals surface area contributed by atoms with E-state index in [2.05, 4.69) is 30.0 Å². The van der Waals surface area contributed by atoms with Gasteiger partial charge in [-0.05, 0) is 98.2 Å². The summed E-state index contributed by atoms with van der Waals surface area (Å²) in [5, 5.41) is 27.5. The van der Waals surface area contributed by atoms with Crippen LogP contribution in [0.2, 0.25) is 5.02 Å². The molecule has 1 aliphatic heterocycles. The van der Waals surface area contributed by atoms with Gasteiger partial charge in [-0.1, -0.05) is 48.7 Å². The predicted molar refractivity (Wildman–Crippen MR) is 159 cm³/mol. The summed E-state index contributed by atoms with van der Waals surface area (Å²) in [6, 6.07) is 11.4. The van der Waals surface area contributed by atoms with Crippen molar-refractivity contribution in [1.82, 2.24) is 0 Å². The molecule has 39 heavy (non-hydrogen) atoms. The molecule has 6 nitrogen and oxygen atoms in total. The number of ether oxygens (including phenoxy) is 1. The molecule has 5 unspecified atom stereocenters. The van der Waals surface area contributed by atoms with Crippen LogP contribution in [-0.2, 0) is 11.8 Å². The summed E-state index contributed by atoms with van der Waals surface area (Å²) in [5.41, 5.74) is 3.44. The van der Waals surface area contributed by atoms with E-state index in [1.807, 2.05) is 12.1 Å². The molecule has 8 heteroatoms. The number of nitrogens with zero attached hydrogens (tertiary/aromatic N) is 1. The Morgan fingerprint density at radius 2 is 2.15 bits per heavy atom. The molecule has 5 rings (SSSR count).